The predicted octanol–water partition coefficient (Wildman–Crippen LogP) is 1.22. The largest absolute Gasteiger partial charge is 0.493 e. The molecule has 7 nitrogen and oxygen atoms in total. The van der Waals surface area contributed by atoms with E-state index in [1.807, 2.05) is 36.9 Å². The predicted molar refractivity (Wildman–Crippen MR) is 100 cm³/mol. The second kappa shape index (κ2) is 9.23. The number of carbonyl (C=O) groups excluding carboxylic acids is 1. The van der Waals surface area contributed by atoms with Crippen LogP contribution in [0.5, 0.6) is 11.5 Å². The van der Waals surface area contributed by atoms with Gasteiger partial charge in [0.15, 0.2) is 21.3 Å². The van der Waals surface area contributed by atoms with E-state index in [1.54, 1.807) is 7.11 Å². The number of rotatable bonds is 9. The minimum Gasteiger partial charge on any atom is -0.493 e. The molecule has 1 aromatic rings. The van der Waals surface area contributed by atoms with Crippen molar-refractivity contribution in [1.82, 2.24) is 10.2 Å². The first kappa shape index (κ1) is 20.5. The van der Waals surface area contributed by atoms with Crippen LogP contribution in [0, 0.1) is 0 Å². The number of nitrogens with one attached hydrogen (secondary N) is 1. The zero-order valence-corrected chi connectivity index (χ0v) is 16.5. The standard InChI is InChI=1S/C18H28N2O5S/c1-4-20(12-18(21)19-15-8-9-26(22,23)13-15)11-14-6-7-16(25-5-2)17(10-14)24-3/h6-7,10,15H,4-5,8-9,11-13H2,1-3H3,(H,19,21)/t15-/m1/s1. The highest BCUT2D eigenvalue weighted by Crippen LogP contribution is 2.28. The lowest BCUT2D eigenvalue weighted by Crippen LogP contribution is -2.42. The van der Waals surface area contributed by atoms with Crippen molar-refractivity contribution in [3.05, 3.63) is 23.8 Å². The van der Waals surface area contributed by atoms with Crippen molar-refractivity contribution in [3.8, 4) is 11.5 Å². The highest BCUT2D eigenvalue weighted by Gasteiger charge is 2.29. The van der Waals surface area contributed by atoms with Gasteiger partial charge in [0.2, 0.25) is 5.91 Å². The normalized spacial score (nSPS) is 18.7. The summed E-state index contributed by atoms with van der Waals surface area (Å²) in [7, 11) is -1.39. The number of methoxy groups -OCH3 is 1. The number of carbonyl (C=O) groups is 1. The molecule has 1 aromatic carbocycles. The number of likely N-dealkylation sites (N-methyl/N-ethyl adjacent to an activating group) is 1. The van der Waals surface area contributed by atoms with E-state index < -0.39 is 9.84 Å². The molecule has 0 aromatic heterocycles. The molecule has 1 amide bonds. The van der Waals surface area contributed by atoms with Crippen LogP contribution in [-0.2, 0) is 21.2 Å². The smallest absolute Gasteiger partial charge is 0.234 e. The Morgan fingerprint density at radius 3 is 2.65 bits per heavy atom. The van der Waals surface area contributed by atoms with Gasteiger partial charge >= 0.3 is 0 Å². The first-order valence-electron chi connectivity index (χ1n) is 8.88. The van der Waals surface area contributed by atoms with Gasteiger partial charge < -0.3 is 14.8 Å². The van der Waals surface area contributed by atoms with Crippen molar-refractivity contribution in [3.63, 3.8) is 0 Å². The van der Waals surface area contributed by atoms with Crippen LogP contribution in [0.25, 0.3) is 0 Å². The minimum absolute atomic E-state index is 0.0426. The number of sulfone groups is 1. The first-order valence-corrected chi connectivity index (χ1v) is 10.7. The van der Waals surface area contributed by atoms with Crippen LogP contribution in [0.1, 0.15) is 25.8 Å². The molecule has 1 saturated heterocycles. The average molecular weight is 384 g/mol. The summed E-state index contributed by atoms with van der Waals surface area (Å²) in [5, 5.41) is 2.83. The zero-order chi connectivity index (χ0) is 19.2. The molecule has 1 fully saturated rings. The Hall–Kier alpha value is -1.80. The summed E-state index contributed by atoms with van der Waals surface area (Å²) in [6, 6.07) is 5.47. The zero-order valence-electron chi connectivity index (χ0n) is 15.7. The van der Waals surface area contributed by atoms with Gasteiger partial charge in [-0.2, -0.15) is 0 Å². The number of hydrogen-bond acceptors (Lipinski definition) is 6. The van der Waals surface area contributed by atoms with Gasteiger partial charge in [-0.15, -0.1) is 0 Å². The SMILES string of the molecule is CCOc1ccc(CN(CC)CC(=O)N[C@@H]2CCS(=O)(=O)C2)cc1OC. The van der Waals surface area contributed by atoms with Crippen LogP contribution in [0.4, 0.5) is 0 Å². The van der Waals surface area contributed by atoms with Crippen LogP contribution < -0.4 is 14.8 Å². The summed E-state index contributed by atoms with van der Waals surface area (Å²) >= 11 is 0. The summed E-state index contributed by atoms with van der Waals surface area (Å²) in [5.41, 5.74) is 1.02. The molecule has 0 bridgehead atoms. The lowest BCUT2D eigenvalue weighted by molar-refractivity contribution is -0.122. The van der Waals surface area contributed by atoms with Gasteiger partial charge in [-0.25, -0.2) is 8.42 Å². The molecule has 0 aliphatic carbocycles. The molecule has 1 aliphatic rings. The van der Waals surface area contributed by atoms with Crippen molar-refractivity contribution < 1.29 is 22.7 Å². The summed E-state index contributed by atoms with van der Waals surface area (Å²) in [4.78, 5) is 14.2. The lowest BCUT2D eigenvalue weighted by Gasteiger charge is -2.22. The van der Waals surface area contributed by atoms with Gasteiger partial charge in [0, 0.05) is 12.6 Å². The van der Waals surface area contributed by atoms with Gasteiger partial charge in [0.25, 0.3) is 0 Å². The van der Waals surface area contributed by atoms with Crippen molar-refractivity contribution in [2.45, 2.75) is 32.9 Å². The van der Waals surface area contributed by atoms with Crippen molar-refractivity contribution >= 4 is 15.7 Å². The van der Waals surface area contributed by atoms with Crippen LogP contribution in [0.15, 0.2) is 18.2 Å². The first-order chi connectivity index (χ1) is 12.4. The van der Waals surface area contributed by atoms with E-state index in [-0.39, 0.29) is 30.0 Å². The molecule has 26 heavy (non-hydrogen) atoms. The summed E-state index contributed by atoms with van der Waals surface area (Å²) in [6.07, 6.45) is 0.496. The molecule has 146 valence electrons. The number of benzene rings is 1. The molecular weight excluding hydrogens is 356 g/mol. The molecule has 2 rings (SSSR count). The van der Waals surface area contributed by atoms with Crippen LogP contribution >= 0.6 is 0 Å². The second-order valence-corrected chi connectivity index (χ2v) is 8.62. The monoisotopic (exact) mass is 384 g/mol. The molecule has 0 unspecified atom stereocenters. The van der Waals surface area contributed by atoms with E-state index in [9.17, 15) is 13.2 Å². The van der Waals surface area contributed by atoms with E-state index in [0.29, 0.717) is 37.6 Å². The third kappa shape index (κ3) is 5.88. The lowest BCUT2D eigenvalue weighted by atomic mass is 10.2. The highest BCUT2D eigenvalue weighted by molar-refractivity contribution is 7.91. The van der Waals surface area contributed by atoms with E-state index in [4.69, 9.17) is 9.47 Å². The molecule has 0 radical (unpaired) electrons. The van der Waals surface area contributed by atoms with Crippen LogP contribution in [0.3, 0.4) is 0 Å². The number of hydrogen-bond donors (Lipinski definition) is 1. The van der Waals surface area contributed by atoms with Gasteiger partial charge in [-0.3, -0.25) is 9.69 Å². The van der Waals surface area contributed by atoms with Gasteiger partial charge in [0.05, 0.1) is 31.8 Å². The van der Waals surface area contributed by atoms with Crippen LogP contribution in [-0.4, -0.2) is 63.6 Å². The maximum absolute atomic E-state index is 12.2. The molecule has 0 spiro atoms. The fraction of sp³-hybridized carbons (Fsp3) is 0.611. The van der Waals surface area contributed by atoms with Gasteiger partial charge in [0.1, 0.15) is 0 Å². The molecular formula is C18H28N2O5S. The Bertz CT molecular complexity index is 720. The van der Waals surface area contributed by atoms with Crippen molar-refractivity contribution in [2.24, 2.45) is 0 Å². The fourth-order valence-corrected chi connectivity index (χ4v) is 4.68. The topological polar surface area (TPSA) is 84.9 Å². The van der Waals surface area contributed by atoms with E-state index in [2.05, 4.69) is 5.32 Å². The summed E-state index contributed by atoms with van der Waals surface area (Å²) in [5.74, 6) is 1.41. The number of ether oxygens (including phenoxy) is 2. The van der Waals surface area contributed by atoms with Gasteiger partial charge in [-0.05, 0) is 37.6 Å². The maximum atomic E-state index is 12.2. The summed E-state index contributed by atoms with van der Waals surface area (Å²) in [6.45, 7) is 5.98. The molecule has 1 N–H and O–H groups in total. The molecule has 1 heterocycles. The quantitative estimate of drug-likeness (QED) is 0.689. The Kier molecular flexibility index (Phi) is 7.28. The molecule has 1 aliphatic heterocycles. The second-order valence-electron chi connectivity index (χ2n) is 6.39. The van der Waals surface area contributed by atoms with Crippen molar-refractivity contribution in [1.29, 1.82) is 0 Å². The van der Waals surface area contributed by atoms with Crippen LogP contribution in [0.2, 0.25) is 0 Å². The maximum Gasteiger partial charge on any atom is 0.234 e. The van der Waals surface area contributed by atoms with Gasteiger partial charge in [-0.1, -0.05) is 13.0 Å². The molecule has 8 heteroatoms. The minimum atomic E-state index is -2.99. The average Bonchev–Trinajstić information content (AvgIpc) is 2.94. The van der Waals surface area contributed by atoms with E-state index in [1.165, 1.54) is 0 Å². The van der Waals surface area contributed by atoms with E-state index in [0.717, 1.165) is 5.56 Å². The number of amides is 1. The molecule has 1 atom stereocenters. The molecule has 0 saturated carbocycles. The third-order valence-corrected chi connectivity index (χ3v) is 6.11. The Balaban J connectivity index is 1.93. The summed E-state index contributed by atoms with van der Waals surface area (Å²) < 4.78 is 33.9. The van der Waals surface area contributed by atoms with Crippen molar-refractivity contribution in [2.75, 3.05) is 38.3 Å². The Morgan fingerprint density at radius 2 is 2.08 bits per heavy atom. The number of nitrogens with zero attached hydrogens (tertiary/aromatic N) is 1. The van der Waals surface area contributed by atoms with E-state index >= 15 is 0 Å². The third-order valence-electron chi connectivity index (χ3n) is 4.35. The highest BCUT2D eigenvalue weighted by atomic mass is 32.2. The fourth-order valence-electron chi connectivity index (χ4n) is 3.01. The Morgan fingerprint density at radius 1 is 1.31 bits per heavy atom. The Labute approximate surface area is 155 Å².